The first-order valence-corrected chi connectivity index (χ1v) is 10.7. The average molecular weight is 414 g/mol. The lowest BCUT2D eigenvalue weighted by molar-refractivity contribution is -0.117. The Labute approximate surface area is 179 Å². The van der Waals surface area contributed by atoms with Crippen LogP contribution in [0.4, 0.5) is 5.69 Å². The van der Waals surface area contributed by atoms with E-state index in [0.717, 1.165) is 35.5 Å². The zero-order valence-electron chi connectivity index (χ0n) is 17.0. The van der Waals surface area contributed by atoms with E-state index in [1.165, 1.54) is 0 Å². The molecule has 3 aliphatic rings. The second kappa shape index (κ2) is 7.01. The highest BCUT2D eigenvalue weighted by atomic mass is 16.6. The first-order valence-electron chi connectivity index (χ1n) is 10.7. The molecule has 6 nitrogen and oxygen atoms in total. The quantitative estimate of drug-likeness (QED) is 0.693. The SMILES string of the molecule is O=C1C[C@@H](c2ccc(NC(=O)C3CC3)cc2)c2cccn2-c2cc3c(cc21)OCCO3. The van der Waals surface area contributed by atoms with Crippen LogP contribution in [0, 0.1) is 5.92 Å². The molecule has 0 saturated heterocycles. The van der Waals surface area contributed by atoms with Crippen LogP contribution < -0.4 is 14.8 Å². The van der Waals surface area contributed by atoms with E-state index < -0.39 is 0 Å². The molecule has 2 aliphatic heterocycles. The van der Waals surface area contributed by atoms with Gasteiger partial charge in [0.05, 0.1) is 5.69 Å². The number of carbonyl (C=O) groups is 2. The molecule has 0 spiro atoms. The van der Waals surface area contributed by atoms with Gasteiger partial charge >= 0.3 is 0 Å². The van der Waals surface area contributed by atoms with Crippen LogP contribution in [-0.2, 0) is 4.79 Å². The standard InChI is InChI=1S/C25H22N2O4/c28-22-12-18(15-5-7-17(8-6-15)26-25(29)16-3-4-16)20-2-1-9-27(20)21-14-24-23(13-19(21)22)30-10-11-31-24/h1-2,5-9,13-14,16,18H,3-4,10-12H2,(H,26,29)/t18-/m0/s1. The number of anilines is 1. The van der Waals surface area contributed by atoms with Crippen LogP contribution in [0.3, 0.4) is 0 Å². The maximum Gasteiger partial charge on any atom is 0.227 e. The van der Waals surface area contributed by atoms with Crippen LogP contribution in [0.25, 0.3) is 5.69 Å². The summed E-state index contributed by atoms with van der Waals surface area (Å²) in [6.45, 7) is 0.992. The first kappa shape index (κ1) is 18.2. The summed E-state index contributed by atoms with van der Waals surface area (Å²) in [5, 5.41) is 2.98. The van der Waals surface area contributed by atoms with Crippen molar-refractivity contribution in [3.05, 3.63) is 71.5 Å². The topological polar surface area (TPSA) is 69.6 Å². The van der Waals surface area contributed by atoms with Gasteiger partial charge in [0.1, 0.15) is 13.2 Å². The molecule has 1 saturated carbocycles. The van der Waals surface area contributed by atoms with Gasteiger partial charge in [-0.15, -0.1) is 0 Å². The lowest BCUT2D eigenvalue weighted by atomic mass is 9.90. The molecule has 3 aromatic rings. The van der Waals surface area contributed by atoms with Crippen molar-refractivity contribution in [2.24, 2.45) is 5.92 Å². The maximum atomic E-state index is 13.3. The molecule has 0 bridgehead atoms. The number of nitrogens with zero attached hydrogens (tertiary/aromatic N) is 1. The monoisotopic (exact) mass is 414 g/mol. The number of hydrogen-bond acceptors (Lipinski definition) is 4. The highest BCUT2D eigenvalue weighted by Crippen LogP contribution is 2.41. The Morgan fingerprint density at radius 1 is 1.00 bits per heavy atom. The fourth-order valence-electron chi connectivity index (χ4n) is 4.48. The highest BCUT2D eigenvalue weighted by molar-refractivity contribution is 6.01. The van der Waals surface area contributed by atoms with Crippen molar-refractivity contribution in [3.8, 4) is 17.2 Å². The van der Waals surface area contributed by atoms with Crippen molar-refractivity contribution in [3.63, 3.8) is 0 Å². The van der Waals surface area contributed by atoms with Gasteiger partial charge in [-0.2, -0.15) is 0 Å². The van der Waals surface area contributed by atoms with Crippen LogP contribution in [-0.4, -0.2) is 29.5 Å². The summed E-state index contributed by atoms with van der Waals surface area (Å²) in [7, 11) is 0. The lowest BCUT2D eigenvalue weighted by Gasteiger charge is -2.21. The van der Waals surface area contributed by atoms with Crippen molar-refractivity contribution in [1.82, 2.24) is 4.57 Å². The number of ketones is 1. The van der Waals surface area contributed by atoms with Gasteiger partial charge in [0.25, 0.3) is 0 Å². The van der Waals surface area contributed by atoms with Crippen molar-refractivity contribution in [2.45, 2.75) is 25.2 Å². The number of rotatable bonds is 3. The summed E-state index contributed by atoms with van der Waals surface area (Å²) in [6.07, 6.45) is 4.31. The van der Waals surface area contributed by atoms with Crippen LogP contribution in [0.1, 0.15) is 46.8 Å². The molecule has 6 rings (SSSR count). The molecule has 1 amide bonds. The summed E-state index contributed by atoms with van der Waals surface area (Å²) in [4.78, 5) is 25.3. The number of benzene rings is 2. The largest absolute Gasteiger partial charge is 0.486 e. The Kier molecular flexibility index (Phi) is 4.13. The van der Waals surface area contributed by atoms with Crippen molar-refractivity contribution in [1.29, 1.82) is 0 Å². The molecule has 2 aromatic carbocycles. The van der Waals surface area contributed by atoms with E-state index in [4.69, 9.17) is 9.47 Å². The molecule has 1 fully saturated rings. The van der Waals surface area contributed by atoms with E-state index in [2.05, 4.69) is 16.0 Å². The fourth-order valence-corrected chi connectivity index (χ4v) is 4.48. The second-order valence-electron chi connectivity index (χ2n) is 8.38. The van der Waals surface area contributed by atoms with Crippen molar-refractivity contribution in [2.75, 3.05) is 18.5 Å². The van der Waals surface area contributed by atoms with E-state index in [0.29, 0.717) is 36.7 Å². The highest BCUT2D eigenvalue weighted by Gasteiger charge is 2.31. The van der Waals surface area contributed by atoms with Crippen molar-refractivity contribution < 1.29 is 19.1 Å². The van der Waals surface area contributed by atoms with Gasteiger partial charge < -0.3 is 19.4 Å². The molecule has 31 heavy (non-hydrogen) atoms. The number of fused-ring (bicyclic) bond motifs is 4. The van der Waals surface area contributed by atoms with Crippen LogP contribution >= 0.6 is 0 Å². The molecule has 1 aliphatic carbocycles. The Balaban J connectivity index is 1.36. The minimum absolute atomic E-state index is 0.0757. The van der Waals surface area contributed by atoms with E-state index in [9.17, 15) is 9.59 Å². The normalized spacial score (nSPS) is 19.2. The molecule has 1 aromatic heterocycles. The Morgan fingerprint density at radius 3 is 2.48 bits per heavy atom. The van der Waals surface area contributed by atoms with Gasteiger partial charge in [-0.1, -0.05) is 12.1 Å². The van der Waals surface area contributed by atoms with E-state index in [1.54, 1.807) is 0 Å². The summed E-state index contributed by atoms with van der Waals surface area (Å²) in [5.74, 6) is 1.55. The summed E-state index contributed by atoms with van der Waals surface area (Å²) < 4.78 is 13.5. The summed E-state index contributed by atoms with van der Waals surface area (Å²) >= 11 is 0. The van der Waals surface area contributed by atoms with E-state index in [1.807, 2.05) is 48.7 Å². The zero-order chi connectivity index (χ0) is 20.9. The van der Waals surface area contributed by atoms with Crippen LogP contribution in [0.5, 0.6) is 11.5 Å². The third-order valence-electron chi connectivity index (χ3n) is 6.28. The van der Waals surface area contributed by atoms with Crippen molar-refractivity contribution >= 4 is 17.4 Å². The minimum Gasteiger partial charge on any atom is -0.486 e. The van der Waals surface area contributed by atoms with Gasteiger partial charge in [0, 0.05) is 47.5 Å². The first-order chi connectivity index (χ1) is 15.2. The minimum atomic E-state index is -0.0815. The van der Waals surface area contributed by atoms with Gasteiger partial charge in [0.2, 0.25) is 5.91 Å². The number of hydrogen-bond donors (Lipinski definition) is 1. The molecule has 0 radical (unpaired) electrons. The Hall–Kier alpha value is -3.54. The van der Waals surface area contributed by atoms with Gasteiger partial charge in [0.15, 0.2) is 17.3 Å². The van der Waals surface area contributed by atoms with Gasteiger partial charge in [-0.3, -0.25) is 9.59 Å². The predicted molar refractivity (Wildman–Crippen MR) is 115 cm³/mol. The molecular weight excluding hydrogens is 392 g/mol. The zero-order valence-corrected chi connectivity index (χ0v) is 17.0. The molecule has 6 heteroatoms. The number of ether oxygens (including phenoxy) is 2. The average Bonchev–Trinajstić information content (AvgIpc) is 3.56. The number of nitrogens with one attached hydrogen (secondary N) is 1. The molecule has 0 unspecified atom stereocenters. The Morgan fingerprint density at radius 2 is 1.74 bits per heavy atom. The molecule has 3 heterocycles. The van der Waals surface area contributed by atoms with Crippen LogP contribution in [0.15, 0.2) is 54.7 Å². The van der Waals surface area contributed by atoms with E-state index >= 15 is 0 Å². The summed E-state index contributed by atoms with van der Waals surface area (Å²) in [5.41, 5.74) is 4.37. The number of Topliss-reactive ketones (excluding diaryl/α,β-unsaturated/α-hetero) is 1. The fraction of sp³-hybridized carbons (Fsp3) is 0.280. The molecule has 1 atom stereocenters. The van der Waals surface area contributed by atoms with Gasteiger partial charge in [-0.05, 0) is 48.7 Å². The second-order valence-corrected chi connectivity index (χ2v) is 8.38. The number of aromatic nitrogens is 1. The van der Waals surface area contributed by atoms with Gasteiger partial charge in [-0.25, -0.2) is 0 Å². The third kappa shape index (κ3) is 3.19. The summed E-state index contributed by atoms with van der Waals surface area (Å²) in [6, 6.07) is 15.6. The molecule has 1 N–H and O–H groups in total. The lowest BCUT2D eigenvalue weighted by Crippen LogP contribution is -2.16. The molecular formula is C25H22N2O4. The smallest absolute Gasteiger partial charge is 0.227 e. The maximum absolute atomic E-state index is 13.3. The Bertz CT molecular complexity index is 1190. The van der Waals surface area contributed by atoms with Crippen LogP contribution in [0.2, 0.25) is 0 Å². The number of amides is 1. The predicted octanol–water partition coefficient (Wildman–Crippen LogP) is 4.32. The molecule has 156 valence electrons. The number of carbonyl (C=O) groups excluding carboxylic acids is 2. The van der Waals surface area contributed by atoms with E-state index in [-0.39, 0.29) is 23.5 Å². The third-order valence-corrected chi connectivity index (χ3v) is 6.28.